The molecule has 1 fully saturated rings. The van der Waals surface area contributed by atoms with E-state index in [4.69, 9.17) is 10.5 Å². The lowest BCUT2D eigenvalue weighted by Gasteiger charge is -2.11. The molecule has 4 heteroatoms. The summed E-state index contributed by atoms with van der Waals surface area (Å²) in [5.41, 5.74) is 6.94. The number of hydrogen-bond donors (Lipinski definition) is 1. The summed E-state index contributed by atoms with van der Waals surface area (Å²) in [7, 11) is 0. The first-order chi connectivity index (χ1) is 7.79. The van der Waals surface area contributed by atoms with Crippen molar-refractivity contribution in [1.29, 1.82) is 0 Å². The minimum absolute atomic E-state index is 0.0952. The summed E-state index contributed by atoms with van der Waals surface area (Å²) in [5.74, 6) is 0.818. The van der Waals surface area contributed by atoms with Gasteiger partial charge in [-0.2, -0.15) is 0 Å². The maximum atomic E-state index is 5.92. The van der Waals surface area contributed by atoms with Gasteiger partial charge in [-0.05, 0) is 25.3 Å². The monoisotopic (exact) mass is 221 g/mol. The van der Waals surface area contributed by atoms with Crippen molar-refractivity contribution < 1.29 is 4.74 Å². The third-order valence-electron chi connectivity index (χ3n) is 2.95. The second-order valence-electron chi connectivity index (χ2n) is 4.28. The Hall–Kier alpha value is -1.00. The molecule has 88 valence electrons. The highest BCUT2D eigenvalue weighted by Crippen LogP contribution is 2.25. The van der Waals surface area contributed by atoms with Gasteiger partial charge in [0.1, 0.15) is 6.10 Å². The first-order valence-electron chi connectivity index (χ1n) is 5.98. The van der Waals surface area contributed by atoms with E-state index in [-0.39, 0.29) is 12.1 Å². The van der Waals surface area contributed by atoms with Gasteiger partial charge in [0.2, 0.25) is 0 Å². The molecule has 0 aromatic carbocycles. The number of nitrogens with zero attached hydrogens (tertiary/aromatic N) is 2. The second-order valence-corrected chi connectivity index (χ2v) is 4.28. The maximum absolute atomic E-state index is 5.92. The summed E-state index contributed by atoms with van der Waals surface area (Å²) < 4.78 is 5.57. The number of rotatable bonds is 4. The zero-order chi connectivity index (χ0) is 11.4. The third kappa shape index (κ3) is 2.77. The molecule has 1 aliphatic heterocycles. The van der Waals surface area contributed by atoms with Crippen LogP contribution in [-0.4, -0.2) is 22.6 Å². The molecule has 0 aliphatic carbocycles. The Morgan fingerprint density at radius 2 is 2.50 bits per heavy atom. The SMILES string of the molecule is CCC(N)Cc1ccnc(C2CCCO2)n1. The topological polar surface area (TPSA) is 61.0 Å². The second kappa shape index (κ2) is 5.37. The van der Waals surface area contributed by atoms with Crippen LogP contribution in [-0.2, 0) is 11.2 Å². The van der Waals surface area contributed by atoms with Crippen molar-refractivity contribution in [3.05, 3.63) is 23.8 Å². The summed E-state index contributed by atoms with van der Waals surface area (Å²) in [6.07, 6.45) is 5.83. The Balaban J connectivity index is 2.06. The van der Waals surface area contributed by atoms with Crippen LogP contribution >= 0.6 is 0 Å². The van der Waals surface area contributed by atoms with Crippen molar-refractivity contribution in [3.63, 3.8) is 0 Å². The maximum Gasteiger partial charge on any atom is 0.157 e. The molecule has 0 radical (unpaired) electrons. The Morgan fingerprint density at radius 1 is 1.62 bits per heavy atom. The van der Waals surface area contributed by atoms with Gasteiger partial charge in [-0.1, -0.05) is 6.92 Å². The Bertz CT molecular complexity index is 337. The molecule has 2 atom stereocenters. The van der Waals surface area contributed by atoms with Crippen LogP contribution in [0.15, 0.2) is 12.3 Å². The number of ether oxygens (including phenoxy) is 1. The molecule has 2 heterocycles. The lowest BCUT2D eigenvalue weighted by atomic mass is 10.1. The Kier molecular flexibility index (Phi) is 3.85. The summed E-state index contributed by atoms with van der Waals surface area (Å²) in [6, 6.07) is 2.13. The molecule has 4 nitrogen and oxygen atoms in total. The van der Waals surface area contributed by atoms with E-state index in [0.717, 1.165) is 43.8 Å². The number of nitrogens with two attached hydrogens (primary N) is 1. The lowest BCUT2D eigenvalue weighted by molar-refractivity contribution is 0.105. The molecule has 0 saturated carbocycles. The summed E-state index contributed by atoms with van der Waals surface area (Å²) in [5, 5.41) is 0. The van der Waals surface area contributed by atoms with Gasteiger partial charge in [-0.25, -0.2) is 9.97 Å². The standard InChI is InChI=1S/C12H19N3O/c1-2-9(13)8-10-5-6-14-12(15-10)11-4-3-7-16-11/h5-6,9,11H,2-4,7-8,13H2,1H3. The van der Waals surface area contributed by atoms with Crippen molar-refractivity contribution in [2.45, 2.75) is 44.8 Å². The normalized spacial score (nSPS) is 22.2. The van der Waals surface area contributed by atoms with Gasteiger partial charge < -0.3 is 10.5 Å². The van der Waals surface area contributed by atoms with Crippen molar-refractivity contribution in [1.82, 2.24) is 9.97 Å². The highest BCUT2D eigenvalue weighted by atomic mass is 16.5. The van der Waals surface area contributed by atoms with E-state index in [1.54, 1.807) is 0 Å². The highest BCUT2D eigenvalue weighted by molar-refractivity contribution is 5.06. The van der Waals surface area contributed by atoms with Crippen LogP contribution in [0.2, 0.25) is 0 Å². The van der Waals surface area contributed by atoms with E-state index < -0.39 is 0 Å². The van der Waals surface area contributed by atoms with Gasteiger partial charge in [-0.15, -0.1) is 0 Å². The molecule has 1 aromatic heterocycles. The molecule has 2 N–H and O–H groups in total. The molecule has 1 saturated heterocycles. The van der Waals surface area contributed by atoms with Gasteiger partial charge in [0.15, 0.2) is 5.82 Å². The van der Waals surface area contributed by atoms with Crippen molar-refractivity contribution in [2.75, 3.05) is 6.61 Å². The molecule has 0 amide bonds. The lowest BCUT2D eigenvalue weighted by Crippen LogP contribution is -2.22. The zero-order valence-corrected chi connectivity index (χ0v) is 9.72. The average Bonchev–Trinajstić information content (AvgIpc) is 2.83. The molecule has 1 aliphatic rings. The van der Waals surface area contributed by atoms with Gasteiger partial charge in [0, 0.05) is 31.0 Å². The average molecular weight is 221 g/mol. The van der Waals surface area contributed by atoms with Crippen LogP contribution in [0.1, 0.15) is 43.8 Å². The molecule has 16 heavy (non-hydrogen) atoms. The van der Waals surface area contributed by atoms with E-state index >= 15 is 0 Å². The van der Waals surface area contributed by atoms with Crippen molar-refractivity contribution in [2.24, 2.45) is 5.73 Å². The summed E-state index contributed by atoms with van der Waals surface area (Å²) >= 11 is 0. The predicted octanol–water partition coefficient (Wildman–Crippen LogP) is 1.61. The molecule has 2 rings (SSSR count). The summed E-state index contributed by atoms with van der Waals surface area (Å²) in [6.45, 7) is 2.92. The minimum Gasteiger partial charge on any atom is -0.370 e. The first-order valence-corrected chi connectivity index (χ1v) is 5.98. The van der Waals surface area contributed by atoms with E-state index in [1.165, 1.54) is 0 Å². The smallest absolute Gasteiger partial charge is 0.157 e. The van der Waals surface area contributed by atoms with Gasteiger partial charge >= 0.3 is 0 Å². The van der Waals surface area contributed by atoms with Crippen LogP contribution < -0.4 is 5.73 Å². The molecule has 0 bridgehead atoms. The first kappa shape index (κ1) is 11.5. The van der Waals surface area contributed by atoms with Crippen LogP contribution in [0, 0.1) is 0 Å². The van der Waals surface area contributed by atoms with E-state index in [0.29, 0.717) is 0 Å². The van der Waals surface area contributed by atoms with Crippen molar-refractivity contribution >= 4 is 0 Å². The van der Waals surface area contributed by atoms with Crippen molar-refractivity contribution in [3.8, 4) is 0 Å². The van der Waals surface area contributed by atoms with Crippen LogP contribution in [0.5, 0.6) is 0 Å². The van der Waals surface area contributed by atoms with E-state index in [1.807, 2.05) is 12.3 Å². The zero-order valence-electron chi connectivity index (χ0n) is 9.72. The van der Waals surface area contributed by atoms with Crippen LogP contribution in [0.4, 0.5) is 0 Å². The molecule has 0 spiro atoms. The Labute approximate surface area is 96.2 Å². The Morgan fingerprint density at radius 3 is 3.19 bits per heavy atom. The molecular formula is C12H19N3O. The molecule has 2 unspecified atom stereocenters. The predicted molar refractivity (Wildman–Crippen MR) is 61.9 cm³/mol. The minimum atomic E-state index is 0.0952. The van der Waals surface area contributed by atoms with Gasteiger partial charge in [0.05, 0.1) is 0 Å². The summed E-state index contributed by atoms with van der Waals surface area (Å²) in [4.78, 5) is 8.80. The van der Waals surface area contributed by atoms with Gasteiger partial charge in [-0.3, -0.25) is 0 Å². The fraction of sp³-hybridized carbons (Fsp3) is 0.667. The van der Waals surface area contributed by atoms with E-state index in [9.17, 15) is 0 Å². The fourth-order valence-corrected chi connectivity index (χ4v) is 1.88. The third-order valence-corrected chi connectivity index (χ3v) is 2.95. The number of hydrogen-bond acceptors (Lipinski definition) is 4. The van der Waals surface area contributed by atoms with Crippen LogP contribution in [0.25, 0.3) is 0 Å². The highest BCUT2D eigenvalue weighted by Gasteiger charge is 2.20. The largest absolute Gasteiger partial charge is 0.370 e. The van der Waals surface area contributed by atoms with Gasteiger partial charge in [0.25, 0.3) is 0 Å². The molecular weight excluding hydrogens is 202 g/mol. The quantitative estimate of drug-likeness (QED) is 0.839. The molecule has 1 aromatic rings. The number of aromatic nitrogens is 2. The van der Waals surface area contributed by atoms with Crippen LogP contribution in [0.3, 0.4) is 0 Å². The fourth-order valence-electron chi connectivity index (χ4n) is 1.88. The van der Waals surface area contributed by atoms with E-state index in [2.05, 4.69) is 16.9 Å².